The van der Waals surface area contributed by atoms with E-state index in [9.17, 15) is 0 Å². The number of nitrogens with zero attached hydrogens (tertiary/aromatic N) is 1. The zero-order valence-corrected chi connectivity index (χ0v) is 13.0. The van der Waals surface area contributed by atoms with Gasteiger partial charge in [-0.15, -0.1) is 0 Å². The SMILES string of the molecule is COCCNCC1CCCN1CCOCCC(C)C. The summed E-state index contributed by atoms with van der Waals surface area (Å²) in [5, 5.41) is 3.47. The summed E-state index contributed by atoms with van der Waals surface area (Å²) >= 11 is 0. The summed E-state index contributed by atoms with van der Waals surface area (Å²) in [6, 6.07) is 0.686. The molecule has 0 aromatic heterocycles. The van der Waals surface area contributed by atoms with Gasteiger partial charge in [0.15, 0.2) is 0 Å². The fourth-order valence-electron chi connectivity index (χ4n) is 2.47. The van der Waals surface area contributed by atoms with Crippen LogP contribution in [0.3, 0.4) is 0 Å². The highest BCUT2D eigenvalue weighted by molar-refractivity contribution is 4.80. The van der Waals surface area contributed by atoms with Crippen molar-refractivity contribution in [2.24, 2.45) is 5.92 Å². The maximum atomic E-state index is 5.72. The van der Waals surface area contributed by atoms with E-state index in [-0.39, 0.29) is 0 Å². The molecule has 0 aliphatic carbocycles. The molecule has 1 unspecified atom stereocenters. The molecule has 0 spiro atoms. The lowest BCUT2D eigenvalue weighted by Gasteiger charge is -2.24. The van der Waals surface area contributed by atoms with E-state index in [0.717, 1.165) is 45.4 Å². The molecule has 4 heteroatoms. The van der Waals surface area contributed by atoms with Crippen LogP contribution >= 0.6 is 0 Å². The van der Waals surface area contributed by atoms with Crippen LogP contribution in [0, 0.1) is 5.92 Å². The van der Waals surface area contributed by atoms with Gasteiger partial charge >= 0.3 is 0 Å². The third-order valence-electron chi connectivity index (χ3n) is 3.72. The summed E-state index contributed by atoms with van der Waals surface area (Å²) in [7, 11) is 1.75. The van der Waals surface area contributed by atoms with E-state index in [2.05, 4.69) is 24.1 Å². The van der Waals surface area contributed by atoms with Gasteiger partial charge in [0.2, 0.25) is 0 Å². The third-order valence-corrected chi connectivity index (χ3v) is 3.72. The number of methoxy groups -OCH3 is 1. The number of likely N-dealkylation sites (tertiary alicyclic amines) is 1. The van der Waals surface area contributed by atoms with Crippen molar-refractivity contribution in [3.8, 4) is 0 Å². The second-order valence-corrected chi connectivity index (χ2v) is 5.82. The van der Waals surface area contributed by atoms with Crippen molar-refractivity contribution in [2.75, 3.05) is 53.1 Å². The van der Waals surface area contributed by atoms with Gasteiger partial charge in [0.1, 0.15) is 0 Å². The highest BCUT2D eigenvalue weighted by atomic mass is 16.5. The predicted molar refractivity (Wildman–Crippen MR) is 79.6 cm³/mol. The highest BCUT2D eigenvalue weighted by Gasteiger charge is 2.23. The van der Waals surface area contributed by atoms with Crippen LogP contribution in [0.5, 0.6) is 0 Å². The van der Waals surface area contributed by atoms with Crippen molar-refractivity contribution >= 4 is 0 Å². The Balaban J connectivity index is 2.03. The van der Waals surface area contributed by atoms with E-state index in [1.807, 2.05) is 0 Å². The fourth-order valence-corrected chi connectivity index (χ4v) is 2.47. The molecule has 1 heterocycles. The largest absolute Gasteiger partial charge is 0.383 e. The lowest BCUT2D eigenvalue weighted by Crippen LogP contribution is -2.40. The van der Waals surface area contributed by atoms with Crippen molar-refractivity contribution in [2.45, 2.75) is 39.2 Å². The van der Waals surface area contributed by atoms with E-state index >= 15 is 0 Å². The van der Waals surface area contributed by atoms with Gasteiger partial charge < -0.3 is 14.8 Å². The first-order chi connectivity index (χ1) is 9.24. The predicted octanol–water partition coefficient (Wildman–Crippen LogP) is 1.75. The summed E-state index contributed by atoms with van der Waals surface area (Å²) in [5.41, 5.74) is 0. The van der Waals surface area contributed by atoms with Gasteiger partial charge in [-0.05, 0) is 31.7 Å². The Morgan fingerprint density at radius 3 is 2.84 bits per heavy atom. The number of hydrogen-bond acceptors (Lipinski definition) is 4. The molecule has 0 radical (unpaired) electrons. The van der Waals surface area contributed by atoms with Gasteiger partial charge in [0, 0.05) is 39.4 Å². The molecule has 1 N–H and O–H groups in total. The molecular formula is C15H32N2O2. The fraction of sp³-hybridized carbons (Fsp3) is 1.00. The summed E-state index contributed by atoms with van der Waals surface area (Å²) in [5.74, 6) is 0.740. The monoisotopic (exact) mass is 272 g/mol. The Hall–Kier alpha value is -0.160. The van der Waals surface area contributed by atoms with Gasteiger partial charge in [-0.1, -0.05) is 13.8 Å². The molecular weight excluding hydrogens is 240 g/mol. The van der Waals surface area contributed by atoms with Gasteiger partial charge in [-0.25, -0.2) is 0 Å². The van der Waals surface area contributed by atoms with E-state index in [1.165, 1.54) is 25.8 Å². The molecule has 1 aliphatic rings. The smallest absolute Gasteiger partial charge is 0.0593 e. The van der Waals surface area contributed by atoms with Crippen molar-refractivity contribution in [3.63, 3.8) is 0 Å². The lowest BCUT2D eigenvalue weighted by molar-refractivity contribution is 0.0916. The minimum atomic E-state index is 0.686. The average Bonchev–Trinajstić information content (AvgIpc) is 2.81. The minimum Gasteiger partial charge on any atom is -0.383 e. The maximum absolute atomic E-state index is 5.72. The van der Waals surface area contributed by atoms with Crippen LogP contribution in [0.15, 0.2) is 0 Å². The number of hydrogen-bond donors (Lipinski definition) is 1. The Bertz CT molecular complexity index is 212. The first-order valence-electron chi connectivity index (χ1n) is 7.75. The van der Waals surface area contributed by atoms with Crippen LogP contribution in [0.25, 0.3) is 0 Å². The summed E-state index contributed by atoms with van der Waals surface area (Å²) < 4.78 is 10.8. The average molecular weight is 272 g/mol. The lowest BCUT2D eigenvalue weighted by atomic mass is 10.1. The molecule has 0 bridgehead atoms. The number of rotatable bonds is 11. The van der Waals surface area contributed by atoms with Crippen LogP contribution in [0.2, 0.25) is 0 Å². The van der Waals surface area contributed by atoms with E-state index in [4.69, 9.17) is 9.47 Å². The zero-order chi connectivity index (χ0) is 13.9. The maximum Gasteiger partial charge on any atom is 0.0593 e. The molecule has 4 nitrogen and oxygen atoms in total. The highest BCUT2D eigenvalue weighted by Crippen LogP contribution is 2.15. The Labute approximate surface area is 118 Å². The topological polar surface area (TPSA) is 33.7 Å². The van der Waals surface area contributed by atoms with E-state index in [0.29, 0.717) is 6.04 Å². The quantitative estimate of drug-likeness (QED) is 0.581. The first-order valence-corrected chi connectivity index (χ1v) is 7.75. The van der Waals surface area contributed by atoms with Gasteiger partial charge in [-0.3, -0.25) is 4.90 Å². The van der Waals surface area contributed by atoms with Crippen LogP contribution < -0.4 is 5.32 Å². The molecule has 0 aromatic carbocycles. The zero-order valence-electron chi connectivity index (χ0n) is 13.0. The first kappa shape index (κ1) is 16.9. The summed E-state index contributed by atoms with van der Waals surface area (Å²) in [6.45, 7) is 11.4. The van der Waals surface area contributed by atoms with Crippen molar-refractivity contribution in [1.82, 2.24) is 10.2 Å². The molecule has 114 valence electrons. The second-order valence-electron chi connectivity index (χ2n) is 5.82. The molecule has 0 aromatic rings. The molecule has 1 aliphatic heterocycles. The number of nitrogens with one attached hydrogen (secondary N) is 1. The van der Waals surface area contributed by atoms with Crippen LogP contribution in [0.1, 0.15) is 33.1 Å². The van der Waals surface area contributed by atoms with Gasteiger partial charge in [0.05, 0.1) is 13.2 Å². The Morgan fingerprint density at radius 1 is 1.26 bits per heavy atom. The standard InChI is InChI=1S/C15H32N2O2/c1-14(2)6-10-19-12-9-17-8-4-5-15(17)13-16-7-11-18-3/h14-16H,4-13H2,1-3H3. The molecule has 1 rings (SSSR count). The Kier molecular flexibility index (Phi) is 9.43. The third kappa shape index (κ3) is 7.88. The Morgan fingerprint density at radius 2 is 2.11 bits per heavy atom. The van der Waals surface area contributed by atoms with Gasteiger partial charge in [-0.2, -0.15) is 0 Å². The molecule has 1 atom stereocenters. The van der Waals surface area contributed by atoms with E-state index < -0.39 is 0 Å². The molecule has 0 saturated carbocycles. The molecule has 1 saturated heterocycles. The van der Waals surface area contributed by atoms with Crippen LogP contribution in [0.4, 0.5) is 0 Å². The molecule has 1 fully saturated rings. The second kappa shape index (κ2) is 10.6. The van der Waals surface area contributed by atoms with Crippen molar-refractivity contribution in [3.05, 3.63) is 0 Å². The number of ether oxygens (including phenoxy) is 2. The molecule has 0 amide bonds. The van der Waals surface area contributed by atoms with Crippen molar-refractivity contribution in [1.29, 1.82) is 0 Å². The van der Waals surface area contributed by atoms with Gasteiger partial charge in [0.25, 0.3) is 0 Å². The van der Waals surface area contributed by atoms with Crippen LogP contribution in [-0.4, -0.2) is 64.1 Å². The van der Waals surface area contributed by atoms with Crippen LogP contribution in [-0.2, 0) is 9.47 Å². The van der Waals surface area contributed by atoms with Crippen molar-refractivity contribution < 1.29 is 9.47 Å². The normalized spacial score (nSPS) is 20.5. The summed E-state index contributed by atoms with van der Waals surface area (Å²) in [4.78, 5) is 2.56. The summed E-state index contributed by atoms with van der Waals surface area (Å²) in [6.07, 6.45) is 3.80. The van der Waals surface area contributed by atoms with E-state index in [1.54, 1.807) is 7.11 Å². The minimum absolute atomic E-state index is 0.686. The molecule has 19 heavy (non-hydrogen) atoms.